The molecule has 0 aromatic carbocycles. The molecule has 14 heavy (non-hydrogen) atoms. The van der Waals surface area contributed by atoms with Gasteiger partial charge in [-0.1, -0.05) is 5.11 Å². The highest BCUT2D eigenvalue weighted by molar-refractivity contribution is 5.67. The molecule has 1 aliphatic rings. The largest absolute Gasteiger partial charge is 0.443 e. The van der Waals surface area contributed by atoms with Gasteiger partial charge in [0.2, 0.25) is 0 Å². The molecule has 1 saturated heterocycles. The Labute approximate surface area is 81.2 Å². The van der Waals surface area contributed by atoms with Crippen LogP contribution in [0.2, 0.25) is 0 Å². The molecular formula is C7H12N4O3. The predicted molar refractivity (Wildman–Crippen MR) is 47.5 cm³/mol. The van der Waals surface area contributed by atoms with Gasteiger partial charge in [-0.3, -0.25) is 0 Å². The minimum absolute atomic E-state index is 0.0852. The van der Waals surface area contributed by atoms with Crippen LogP contribution in [0.1, 0.15) is 6.42 Å². The number of carbonyl (C=O) groups excluding carboxylic acids is 1. The van der Waals surface area contributed by atoms with Crippen LogP contribution in [0, 0.1) is 0 Å². The quantitative estimate of drug-likeness (QED) is 0.388. The summed E-state index contributed by atoms with van der Waals surface area (Å²) >= 11 is 0. The second kappa shape index (κ2) is 5.31. The first-order valence-corrected chi connectivity index (χ1v) is 4.23. The van der Waals surface area contributed by atoms with Gasteiger partial charge in [0.05, 0.1) is 12.6 Å². The summed E-state index contributed by atoms with van der Waals surface area (Å²) in [5.74, 6) is 0. The van der Waals surface area contributed by atoms with Crippen LogP contribution >= 0.6 is 0 Å². The Hall–Kier alpha value is -1.46. The van der Waals surface area contributed by atoms with E-state index in [1.165, 1.54) is 4.90 Å². The minimum atomic E-state index is -0.461. The highest BCUT2D eigenvalue weighted by atomic mass is 16.6. The molecule has 0 saturated carbocycles. The maximum atomic E-state index is 11.2. The number of carbonyl (C=O) groups is 1. The van der Waals surface area contributed by atoms with Crippen molar-refractivity contribution in [1.29, 1.82) is 0 Å². The van der Waals surface area contributed by atoms with Crippen LogP contribution < -0.4 is 0 Å². The molecular weight excluding hydrogens is 188 g/mol. The first-order valence-electron chi connectivity index (χ1n) is 4.23. The van der Waals surface area contributed by atoms with Crippen molar-refractivity contribution in [1.82, 2.24) is 4.90 Å². The molecule has 78 valence electrons. The number of nitrogens with zero attached hydrogens (tertiary/aromatic N) is 4. The molecule has 0 radical (unpaired) electrons. The smallest absolute Gasteiger partial charge is 0.409 e. The van der Waals surface area contributed by atoms with Gasteiger partial charge in [0, 0.05) is 18.6 Å². The lowest BCUT2D eigenvalue weighted by atomic mass is 10.3. The van der Waals surface area contributed by atoms with Gasteiger partial charge >= 0.3 is 6.09 Å². The Morgan fingerprint density at radius 3 is 3.14 bits per heavy atom. The van der Waals surface area contributed by atoms with Gasteiger partial charge in [0.1, 0.15) is 0 Å². The SMILES string of the molecule is COC1CCN(C(=O)OCN=[N+]=[N-])C1. The summed E-state index contributed by atoms with van der Waals surface area (Å²) in [7, 11) is 1.61. The van der Waals surface area contributed by atoms with Crippen LogP contribution in [0.15, 0.2) is 5.11 Å². The lowest BCUT2D eigenvalue weighted by Crippen LogP contribution is -2.30. The highest BCUT2D eigenvalue weighted by Gasteiger charge is 2.26. The second-order valence-electron chi connectivity index (χ2n) is 2.86. The van der Waals surface area contributed by atoms with Gasteiger partial charge in [0.15, 0.2) is 6.73 Å². The molecule has 1 aliphatic heterocycles. The lowest BCUT2D eigenvalue weighted by Gasteiger charge is -2.14. The van der Waals surface area contributed by atoms with Crippen molar-refractivity contribution in [2.75, 3.05) is 26.9 Å². The van der Waals surface area contributed by atoms with Crippen LogP contribution in [0.3, 0.4) is 0 Å². The third-order valence-corrected chi connectivity index (χ3v) is 2.05. The molecule has 0 aromatic rings. The molecule has 1 rings (SSSR count). The molecule has 0 N–H and O–H groups in total. The van der Waals surface area contributed by atoms with Crippen LogP contribution in [0.25, 0.3) is 10.4 Å². The number of methoxy groups -OCH3 is 1. The fraction of sp³-hybridized carbons (Fsp3) is 0.857. The van der Waals surface area contributed by atoms with Crippen molar-refractivity contribution >= 4 is 6.09 Å². The van der Waals surface area contributed by atoms with Gasteiger partial charge in [-0.2, -0.15) is 0 Å². The van der Waals surface area contributed by atoms with E-state index in [0.717, 1.165) is 6.42 Å². The number of azide groups is 1. The monoisotopic (exact) mass is 200 g/mol. The zero-order valence-electron chi connectivity index (χ0n) is 7.92. The second-order valence-corrected chi connectivity index (χ2v) is 2.86. The van der Waals surface area contributed by atoms with E-state index in [1.807, 2.05) is 0 Å². The number of rotatable bonds is 3. The maximum Gasteiger partial charge on any atom is 0.409 e. The average Bonchev–Trinajstić information content (AvgIpc) is 2.66. The summed E-state index contributed by atoms with van der Waals surface area (Å²) < 4.78 is 9.76. The summed E-state index contributed by atoms with van der Waals surface area (Å²) in [5, 5.41) is 3.10. The van der Waals surface area contributed by atoms with Gasteiger partial charge in [-0.15, -0.1) is 0 Å². The Bertz CT molecular complexity index is 251. The van der Waals surface area contributed by atoms with Crippen LogP contribution in [0.4, 0.5) is 4.79 Å². The molecule has 1 heterocycles. The average molecular weight is 200 g/mol. The Morgan fingerprint density at radius 2 is 2.57 bits per heavy atom. The summed E-state index contributed by atoms with van der Waals surface area (Å²) in [6.07, 6.45) is 0.437. The van der Waals surface area contributed by atoms with Gasteiger partial charge < -0.3 is 14.4 Å². The Morgan fingerprint density at radius 1 is 1.79 bits per heavy atom. The number of hydrogen-bond acceptors (Lipinski definition) is 4. The molecule has 0 aliphatic carbocycles. The van der Waals surface area contributed by atoms with E-state index in [2.05, 4.69) is 14.8 Å². The number of hydrogen-bond donors (Lipinski definition) is 0. The number of ether oxygens (including phenoxy) is 2. The zero-order chi connectivity index (χ0) is 10.4. The third kappa shape index (κ3) is 2.79. The molecule has 7 heteroatoms. The first kappa shape index (κ1) is 10.6. The van der Waals surface area contributed by atoms with Crippen LogP contribution in [-0.4, -0.2) is 44.0 Å². The topological polar surface area (TPSA) is 87.5 Å². The van der Waals surface area contributed by atoms with Crippen molar-refractivity contribution in [3.63, 3.8) is 0 Å². The standard InChI is InChI=1S/C7H12N4O3/c1-13-6-2-3-11(4-6)7(12)14-5-9-10-8/h6H,2-5H2,1H3. The van der Waals surface area contributed by atoms with E-state index in [-0.39, 0.29) is 12.8 Å². The van der Waals surface area contributed by atoms with Gasteiger partial charge in [-0.05, 0) is 12.0 Å². The third-order valence-electron chi connectivity index (χ3n) is 2.05. The summed E-state index contributed by atoms with van der Waals surface area (Å²) in [4.78, 5) is 15.2. The number of likely N-dealkylation sites (tertiary alicyclic amines) is 1. The van der Waals surface area contributed by atoms with Crippen molar-refractivity contribution in [2.24, 2.45) is 5.11 Å². The van der Waals surface area contributed by atoms with Gasteiger partial charge in [0.25, 0.3) is 0 Å². The maximum absolute atomic E-state index is 11.2. The van der Waals surface area contributed by atoms with E-state index < -0.39 is 6.09 Å². The fourth-order valence-electron chi connectivity index (χ4n) is 1.29. The fourth-order valence-corrected chi connectivity index (χ4v) is 1.29. The zero-order valence-corrected chi connectivity index (χ0v) is 7.92. The summed E-state index contributed by atoms with van der Waals surface area (Å²) in [6, 6.07) is 0. The van der Waals surface area contributed by atoms with Crippen molar-refractivity contribution < 1.29 is 14.3 Å². The van der Waals surface area contributed by atoms with E-state index in [0.29, 0.717) is 13.1 Å². The molecule has 1 fully saturated rings. The van der Waals surface area contributed by atoms with Crippen molar-refractivity contribution in [2.45, 2.75) is 12.5 Å². The first-order chi connectivity index (χ1) is 6.77. The van der Waals surface area contributed by atoms with E-state index >= 15 is 0 Å². The minimum Gasteiger partial charge on any atom is -0.443 e. The molecule has 1 amide bonds. The summed E-state index contributed by atoms with van der Waals surface area (Å²) in [6.45, 7) is 0.892. The normalized spacial score (nSPS) is 20.4. The van der Waals surface area contributed by atoms with Crippen molar-refractivity contribution in [3.8, 4) is 0 Å². The highest BCUT2D eigenvalue weighted by Crippen LogP contribution is 2.12. The molecule has 0 spiro atoms. The molecule has 1 atom stereocenters. The predicted octanol–water partition coefficient (Wildman–Crippen LogP) is 1.11. The van der Waals surface area contributed by atoms with Crippen LogP contribution in [0.5, 0.6) is 0 Å². The van der Waals surface area contributed by atoms with E-state index in [4.69, 9.17) is 10.3 Å². The van der Waals surface area contributed by atoms with E-state index in [1.54, 1.807) is 7.11 Å². The molecule has 7 nitrogen and oxygen atoms in total. The van der Waals surface area contributed by atoms with Crippen molar-refractivity contribution in [3.05, 3.63) is 10.4 Å². The Kier molecular flexibility index (Phi) is 4.03. The Balaban J connectivity index is 2.28. The van der Waals surface area contributed by atoms with Gasteiger partial charge in [-0.25, -0.2) is 4.79 Å². The summed E-state index contributed by atoms with van der Waals surface area (Å²) in [5.41, 5.74) is 7.96. The lowest BCUT2D eigenvalue weighted by molar-refractivity contribution is 0.0895. The van der Waals surface area contributed by atoms with Crippen LogP contribution in [-0.2, 0) is 9.47 Å². The number of amides is 1. The van der Waals surface area contributed by atoms with E-state index in [9.17, 15) is 4.79 Å². The molecule has 0 bridgehead atoms. The molecule has 0 aromatic heterocycles. The molecule has 1 unspecified atom stereocenters.